The molecule has 0 aliphatic carbocycles. The minimum Gasteiger partial charge on any atom is -0.481 e. The van der Waals surface area contributed by atoms with Gasteiger partial charge in [-0.25, -0.2) is 0 Å². The van der Waals surface area contributed by atoms with Crippen molar-refractivity contribution >= 4 is 35.7 Å². The van der Waals surface area contributed by atoms with E-state index in [4.69, 9.17) is 0 Å². The van der Waals surface area contributed by atoms with Crippen LogP contribution in [0.5, 0.6) is 0 Å². The number of carbonyl (C=O) groups is 4. The summed E-state index contributed by atoms with van der Waals surface area (Å²) in [6.45, 7) is 3.89. The van der Waals surface area contributed by atoms with Crippen molar-refractivity contribution in [1.82, 2.24) is 5.32 Å². The van der Waals surface area contributed by atoms with Crippen LogP contribution in [0.1, 0.15) is 45.1 Å². The first-order chi connectivity index (χ1) is 14.3. The van der Waals surface area contributed by atoms with E-state index < -0.39 is 23.8 Å². The molecule has 0 aliphatic heterocycles. The quantitative estimate of drug-likeness (QED) is 0.410. The normalized spacial score (nSPS) is 14.0. The number of benzene rings is 1. The smallest absolute Gasteiger partial charge is 0.307 e. The highest BCUT2D eigenvalue weighted by atomic mass is 32.2. The molecule has 1 aromatic carbocycles. The molecule has 0 radical (unpaired) electrons. The van der Waals surface area contributed by atoms with Crippen LogP contribution in [0.4, 0.5) is 0 Å². The Balaban J connectivity index is 2.88. The van der Waals surface area contributed by atoms with Crippen molar-refractivity contribution < 1.29 is 24.3 Å². The molecule has 0 saturated heterocycles. The number of ketones is 1. The molecule has 0 aromatic heterocycles. The number of hydrogen-bond acceptors (Lipinski definition) is 5. The summed E-state index contributed by atoms with van der Waals surface area (Å²) in [6.07, 6.45) is 3.86. The molecule has 166 valence electrons. The van der Waals surface area contributed by atoms with Gasteiger partial charge in [0, 0.05) is 18.8 Å². The number of rotatable bonds is 15. The van der Waals surface area contributed by atoms with Crippen LogP contribution in [0.15, 0.2) is 30.3 Å². The van der Waals surface area contributed by atoms with Gasteiger partial charge in [-0.05, 0) is 42.8 Å². The van der Waals surface area contributed by atoms with Crippen LogP contribution in [0.25, 0.3) is 0 Å². The molecule has 6 nitrogen and oxygen atoms in total. The van der Waals surface area contributed by atoms with Crippen molar-refractivity contribution in [3.05, 3.63) is 35.9 Å². The van der Waals surface area contributed by atoms with Gasteiger partial charge in [-0.15, -0.1) is 0 Å². The number of nitrogens with one attached hydrogen (secondary N) is 1. The fourth-order valence-electron chi connectivity index (χ4n) is 3.29. The van der Waals surface area contributed by atoms with Crippen LogP contribution in [0.3, 0.4) is 0 Å². The first kappa shape index (κ1) is 25.9. The summed E-state index contributed by atoms with van der Waals surface area (Å²) in [5.74, 6) is -2.06. The molecular weight excluding hydrogens is 402 g/mol. The lowest BCUT2D eigenvalue weighted by molar-refractivity contribution is -0.144. The van der Waals surface area contributed by atoms with E-state index in [1.54, 1.807) is 11.8 Å². The third-order valence-electron chi connectivity index (χ3n) is 4.96. The Morgan fingerprint density at radius 2 is 1.80 bits per heavy atom. The Morgan fingerprint density at radius 1 is 1.13 bits per heavy atom. The van der Waals surface area contributed by atoms with E-state index in [0.29, 0.717) is 12.8 Å². The van der Waals surface area contributed by atoms with Gasteiger partial charge in [0.2, 0.25) is 5.91 Å². The van der Waals surface area contributed by atoms with Crippen LogP contribution in [0, 0.1) is 17.8 Å². The van der Waals surface area contributed by atoms with E-state index in [1.807, 2.05) is 50.4 Å². The predicted molar refractivity (Wildman–Crippen MR) is 119 cm³/mol. The molecule has 0 fully saturated rings. The van der Waals surface area contributed by atoms with Crippen molar-refractivity contribution in [2.75, 3.05) is 12.0 Å². The third kappa shape index (κ3) is 9.57. The van der Waals surface area contributed by atoms with Crippen molar-refractivity contribution in [1.29, 1.82) is 0 Å². The van der Waals surface area contributed by atoms with Crippen molar-refractivity contribution in [2.24, 2.45) is 17.8 Å². The lowest BCUT2D eigenvalue weighted by atomic mass is 9.89. The maximum atomic E-state index is 13.0. The molecule has 0 bridgehead atoms. The lowest BCUT2D eigenvalue weighted by Crippen LogP contribution is -2.45. The number of carbonyl (C=O) groups excluding carboxylic acids is 3. The number of thioether (sulfide) groups is 1. The second-order valence-corrected chi connectivity index (χ2v) is 8.95. The number of amides is 1. The monoisotopic (exact) mass is 435 g/mol. The lowest BCUT2D eigenvalue weighted by Gasteiger charge is -2.24. The number of aldehydes is 1. The Morgan fingerprint density at radius 3 is 2.33 bits per heavy atom. The zero-order valence-corrected chi connectivity index (χ0v) is 18.8. The number of Topliss-reactive ketones (excluding diaryl/α,β-unsaturated/α-hetero) is 1. The molecule has 0 spiro atoms. The molecule has 2 N–H and O–H groups in total. The highest BCUT2D eigenvalue weighted by molar-refractivity contribution is 7.98. The first-order valence-electron chi connectivity index (χ1n) is 10.3. The minimum atomic E-state index is -1.03. The van der Waals surface area contributed by atoms with Gasteiger partial charge in [0.1, 0.15) is 6.29 Å². The predicted octanol–water partition coefficient (Wildman–Crippen LogP) is 3.38. The van der Waals surface area contributed by atoms with Gasteiger partial charge in [-0.3, -0.25) is 14.4 Å². The Kier molecular flexibility index (Phi) is 12.0. The second-order valence-electron chi connectivity index (χ2n) is 7.97. The number of aliphatic carboxylic acids is 1. The molecule has 30 heavy (non-hydrogen) atoms. The summed E-state index contributed by atoms with van der Waals surface area (Å²) < 4.78 is 0. The Bertz CT molecular complexity index is 692. The van der Waals surface area contributed by atoms with E-state index in [2.05, 4.69) is 5.32 Å². The van der Waals surface area contributed by atoms with Gasteiger partial charge in [-0.2, -0.15) is 11.8 Å². The average Bonchev–Trinajstić information content (AvgIpc) is 2.70. The van der Waals surface area contributed by atoms with Crippen molar-refractivity contribution in [2.45, 2.75) is 52.0 Å². The Labute approximate surface area is 183 Å². The minimum absolute atomic E-state index is 0.112. The summed E-state index contributed by atoms with van der Waals surface area (Å²) in [5.41, 5.74) is 0.852. The maximum absolute atomic E-state index is 13.0. The van der Waals surface area contributed by atoms with E-state index in [0.717, 1.165) is 17.6 Å². The van der Waals surface area contributed by atoms with E-state index in [-0.39, 0.29) is 36.9 Å². The van der Waals surface area contributed by atoms with Gasteiger partial charge in [0.05, 0.1) is 12.0 Å². The Hall–Kier alpha value is -2.15. The van der Waals surface area contributed by atoms with Crippen LogP contribution < -0.4 is 5.32 Å². The summed E-state index contributed by atoms with van der Waals surface area (Å²) in [5, 5.41) is 12.4. The van der Waals surface area contributed by atoms with Gasteiger partial charge in [0.25, 0.3) is 0 Å². The standard InChI is InChI=1S/C23H33NO5S/c1-16(2)13-20(24-22(27)18(9-11-25)10-12-30-3)21(26)15-19(23(28)29)14-17-7-5-4-6-8-17/h4-8,11,16,18-20H,9-10,12-15H2,1-3H3,(H,24,27)(H,28,29). The number of carboxylic acids is 1. The first-order valence-corrected chi connectivity index (χ1v) is 11.7. The topological polar surface area (TPSA) is 101 Å². The third-order valence-corrected chi connectivity index (χ3v) is 5.60. The fourth-order valence-corrected chi connectivity index (χ4v) is 3.81. The molecule has 0 saturated carbocycles. The summed E-state index contributed by atoms with van der Waals surface area (Å²) >= 11 is 1.59. The largest absolute Gasteiger partial charge is 0.481 e. The summed E-state index contributed by atoms with van der Waals surface area (Å²) in [7, 11) is 0. The molecule has 1 aromatic rings. The molecule has 0 heterocycles. The zero-order valence-electron chi connectivity index (χ0n) is 18.0. The molecule has 1 amide bonds. The highest BCUT2D eigenvalue weighted by Crippen LogP contribution is 2.18. The second kappa shape index (κ2) is 14.0. The summed E-state index contributed by atoms with van der Waals surface area (Å²) in [4.78, 5) is 48.4. The van der Waals surface area contributed by atoms with Crippen LogP contribution >= 0.6 is 11.8 Å². The number of carboxylic acid groups (broad SMARTS) is 1. The van der Waals surface area contributed by atoms with Crippen molar-refractivity contribution in [3.63, 3.8) is 0 Å². The van der Waals surface area contributed by atoms with Crippen LogP contribution in [-0.4, -0.2) is 47.1 Å². The van der Waals surface area contributed by atoms with E-state index >= 15 is 0 Å². The highest BCUT2D eigenvalue weighted by Gasteiger charge is 2.29. The van der Waals surface area contributed by atoms with Crippen molar-refractivity contribution in [3.8, 4) is 0 Å². The van der Waals surface area contributed by atoms with E-state index in [9.17, 15) is 24.3 Å². The molecular formula is C23H33NO5S. The maximum Gasteiger partial charge on any atom is 0.307 e. The van der Waals surface area contributed by atoms with Gasteiger partial charge < -0.3 is 15.2 Å². The van der Waals surface area contributed by atoms with Crippen LogP contribution in [-0.2, 0) is 25.6 Å². The van der Waals surface area contributed by atoms with Crippen LogP contribution in [0.2, 0.25) is 0 Å². The van der Waals surface area contributed by atoms with Gasteiger partial charge in [-0.1, -0.05) is 44.2 Å². The van der Waals surface area contributed by atoms with Gasteiger partial charge in [0.15, 0.2) is 5.78 Å². The number of hydrogen-bond donors (Lipinski definition) is 2. The molecule has 0 aliphatic rings. The zero-order chi connectivity index (χ0) is 22.5. The molecule has 3 unspecified atom stereocenters. The summed E-state index contributed by atoms with van der Waals surface area (Å²) in [6, 6.07) is 8.44. The van der Waals surface area contributed by atoms with E-state index in [1.165, 1.54) is 0 Å². The fraction of sp³-hybridized carbons (Fsp3) is 0.565. The molecule has 1 rings (SSSR count). The average molecular weight is 436 g/mol. The molecule has 3 atom stereocenters. The molecule has 7 heteroatoms. The SMILES string of the molecule is CSCCC(CC=O)C(=O)NC(CC(C)C)C(=O)CC(Cc1ccccc1)C(=O)O. The van der Waals surface area contributed by atoms with Gasteiger partial charge >= 0.3 is 5.97 Å².